The predicted octanol–water partition coefficient (Wildman–Crippen LogP) is 3.67. The molecule has 0 radical (unpaired) electrons. The summed E-state index contributed by atoms with van der Waals surface area (Å²) in [6.07, 6.45) is 4.41. The van der Waals surface area contributed by atoms with Crippen LogP contribution in [0.25, 0.3) is 0 Å². The molecule has 0 spiro atoms. The van der Waals surface area contributed by atoms with Gasteiger partial charge in [0.1, 0.15) is 0 Å². The zero-order valence-electron chi connectivity index (χ0n) is 11.1. The van der Waals surface area contributed by atoms with Gasteiger partial charge in [-0.05, 0) is 31.2 Å². The molecule has 0 fully saturated rings. The quantitative estimate of drug-likeness (QED) is 0.815. The Hall–Kier alpha value is -1.53. The van der Waals surface area contributed by atoms with Gasteiger partial charge in [0.15, 0.2) is 11.6 Å². The largest absolute Gasteiger partial charge is 0.421 e. The Morgan fingerprint density at radius 2 is 2.05 bits per heavy atom. The lowest BCUT2D eigenvalue weighted by molar-refractivity contribution is 0.410. The number of benzene rings is 1. The molecule has 0 amide bonds. The van der Waals surface area contributed by atoms with Crippen LogP contribution in [-0.4, -0.2) is 16.5 Å². The van der Waals surface area contributed by atoms with Gasteiger partial charge in [0.2, 0.25) is 0 Å². The van der Waals surface area contributed by atoms with Crippen LogP contribution < -0.4 is 10.1 Å². The second-order valence-electron chi connectivity index (χ2n) is 4.23. The summed E-state index contributed by atoms with van der Waals surface area (Å²) in [6, 6.07) is 4.59. The van der Waals surface area contributed by atoms with E-state index in [1.54, 1.807) is 18.5 Å². The highest BCUT2D eigenvalue weighted by Crippen LogP contribution is 2.25. The standard InChI is InChI=1S/C14H15BrFN3O/c1-2-5-17-7-10-8-18-14(19-9-10)20-13-6-11(15)3-4-12(13)16/h3-4,6,8-9,17H,2,5,7H2,1H3. The van der Waals surface area contributed by atoms with Gasteiger partial charge in [0.05, 0.1) is 0 Å². The minimum atomic E-state index is -0.453. The van der Waals surface area contributed by atoms with Crippen molar-refractivity contribution in [2.45, 2.75) is 19.9 Å². The van der Waals surface area contributed by atoms with E-state index in [1.165, 1.54) is 12.1 Å². The summed E-state index contributed by atoms with van der Waals surface area (Å²) in [5.41, 5.74) is 0.959. The van der Waals surface area contributed by atoms with Crippen molar-refractivity contribution in [3.8, 4) is 11.8 Å². The molecular weight excluding hydrogens is 325 g/mol. The number of hydrogen-bond acceptors (Lipinski definition) is 4. The minimum absolute atomic E-state index is 0.0937. The van der Waals surface area contributed by atoms with Crippen molar-refractivity contribution in [3.05, 3.63) is 46.4 Å². The SMILES string of the molecule is CCCNCc1cnc(Oc2cc(Br)ccc2F)nc1. The van der Waals surface area contributed by atoms with Gasteiger partial charge in [-0.2, -0.15) is 0 Å². The lowest BCUT2D eigenvalue weighted by Gasteiger charge is -2.06. The average molecular weight is 340 g/mol. The second-order valence-corrected chi connectivity index (χ2v) is 5.14. The molecule has 0 saturated carbocycles. The van der Waals surface area contributed by atoms with E-state index in [4.69, 9.17) is 4.74 Å². The van der Waals surface area contributed by atoms with E-state index in [2.05, 4.69) is 38.1 Å². The fraction of sp³-hybridized carbons (Fsp3) is 0.286. The van der Waals surface area contributed by atoms with Gasteiger partial charge in [-0.1, -0.05) is 22.9 Å². The molecule has 1 heterocycles. The van der Waals surface area contributed by atoms with Gasteiger partial charge < -0.3 is 10.1 Å². The molecule has 6 heteroatoms. The van der Waals surface area contributed by atoms with Crippen molar-refractivity contribution in [1.29, 1.82) is 0 Å². The Labute approximate surface area is 125 Å². The topological polar surface area (TPSA) is 47.0 Å². The number of aromatic nitrogens is 2. The Morgan fingerprint density at radius 3 is 2.75 bits per heavy atom. The van der Waals surface area contributed by atoms with E-state index in [0.29, 0.717) is 6.54 Å². The number of nitrogens with zero attached hydrogens (tertiary/aromatic N) is 2. The zero-order chi connectivity index (χ0) is 14.4. The lowest BCUT2D eigenvalue weighted by Crippen LogP contribution is -2.14. The number of halogens is 2. The highest BCUT2D eigenvalue weighted by atomic mass is 79.9. The Kier molecular flexibility index (Phi) is 5.43. The van der Waals surface area contributed by atoms with Crippen molar-refractivity contribution in [2.24, 2.45) is 0 Å². The first-order valence-corrected chi connectivity index (χ1v) is 7.13. The number of nitrogens with one attached hydrogen (secondary N) is 1. The highest BCUT2D eigenvalue weighted by Gasteiger charge is 2.07. The molecule has 0 saturated heterocycles. The maximum atomic E-state index is 13.5. The maximum absolute atomic E-state index is 13.5. The number of hydrogen-bond donors (Lipinski definition) is 1. The van der Waals surface area contributed by atoms with E-state index in [1.807, 2.05) is 0 Å². The normalized spacial score (nSPS) is 10.6. The molecule has 0 aliphatic heterocycles. The van der Waals surface area contributed by atoms with Crippen molar-refractivity contribution >= 4 is 15.9 Å². The van der Waals surface area contributed by atoms with E-state index < -0.39 is 5.82 Å². The third-order valence-corrected chi connectivity index (χ3v) is 3.03. The van der Waals surface area contributed by atoms with E-state index in [0.717, 1.165) is 23.0 Å². The molecule has 1 aromatic carbocycles. The van der Waals surface area contributed by atoms with Gasteiger partial charge in [-0.15, -0.1) is 0 Å². The zero-order valence-corrected chi connectivity index (χ0v) is 12.7. The molecule has 0 atom stereocenters. The Balaban J connectivity index is 2.01. The third kappa shape index (κ3) is 4.25. The first-order chi connectivity index (χ1) is 9.69. The summed E-state index contributed by atoms with van der Waals surface area (Å²) in [5, 5.41) is 3.25. The fourth-order valence-electron chi connectivity index (χ4n) is 1.55. The van der Waals surface area contributed by atoms with E-state index in [-0.39, 0.29) is 11.8 Å². The molecule has 2 rings (SSSR count). The molecule has 0 aliphatic carbocycles. The summed E-state index contributed by atoms with van der Waals surface area (Å²) in [6.45, 7) is 3.76. The number of rotatable bonds is 6. The van der Waals surface area contributed by atoms with Gasteiger partial charge in [0, 0.05) is 29.0 Å². The number of ether oxygens (including phenoxy) is 1. The monoisotopic (exact) mass is 339 g/mol. The molecule has 0 unspecified atom stereocenters. The van der Waals surface area contributed by atoms with Crippen molar-refractivity contribution in [3.63, 3.8) is 0 Å². The first kappa shape index (κ1) is 14.9. The molecule has 0 bridgehead atoms. The average Bonchev–Trinajstić information content (AvgIpc) is 2.45. The highest BCUT2D eigenvalue weighted by molar-refractivity contribution is 9.10. The molecular formula is C14H15BrFN3O. The van der Waals surface area contributed by atoms with Crippen LogP contribution in [0.4, 0.5) is 4.39 Å². The van der Waals surface area contributed by atoms with Crippen molar-refractivity contribution < 1.29 is 9.13 Å². The molecule has 0 aliphatic rings. The molecule has 1 aromatic heterocycles. The van der Waals surface area contributed by atoms with Crippen molar-refractivity contribution in [1.82, 2.24) is 15.3 Å². The van der Waals surface area contributed by atoms with Crippen LogP contribution >= 0.6 is 15.9 Å². The maximum Gasteiger partial charge on any atom is 0.321 e. The van der Waals surface area contributed by atoms with Crippen LogP contribution in [-0.2, 0) is 6.54 Å². The van der Waals surface area contributed by atoms with Crippen LogP contribution in [0.3, 0.4) is 0 Å². The Morgan fingerprint density at radius 1 is 1.30 bits per heavy atom. The molecule has 20 heavy (non-hydrogen) atoms. The van der Waals surface area contributed by atoms with Gasteiger partial charge in [0.25, 0.3) is 0 Å². The molecule has 4 nitrogen and oxygen atoms in total. The van der Waals surface area contributed by atoms with E-state index >= 15 is 0 Å². The van der Waals surface area contributed by atoms with Crippen LogP contribution in [0.2, 0.25) is 0 Å². The summed E-state index contributed by atoms with van der Waals surface area (Å²) in [5.74, 6) is -0.360. The van der Waals surface area contributed by atoms with Gasteiger partial charge in [-0.25, -0.2) is 14.4 Å². The summed E-state index contributed by atoms with van der Waals surface area (Å²) in [4.78, 5) is 8.14. The summed E-state index contributed by atoms with van der Waals surface area (Å²) < 4.78 is 19.6. The lowest BCUT2D eigenvalue weighted by atomic mass is 10.3. The third-order valence-electron chi connectivity index (χ3n) is 2.53. The van der Waals surface area contributed by atoms with Crippen LogP contribution in [0.15, 0.2) is 35.1 Å². The van der Waals surface area contributed by atoms with Gasteiger partial charge in [-0.3, -0.25) is 0 Å². The first-order valence-electron chi connectivity index (χ1n) is 6.33. The fourth-order valence-corrected chi connectivity index (χ4v) is 1.89. The van der Waals surface area contributed by atoms with Crippen LogP contribution in [0.5, 0.6) is 11.8 Å². The minimum Gasteiger partial charge on any atom is -0.421 e. The van der Waals surface area contributed by atoms with Gasteiger partial charge >= 0.3 is 6.01 Å². The van der Waals surface area contributed by atoms with Crippen LogP contribution in [0, 0.1) is 5.82 Å². The Bertz CT molecular complexity index is 563. The van der Waals surface area contributed by atoms with Crippen LogP contribution in [0.1, 0.15) is 18.9 Å². The molecule has 1 N–H and O–H groups in total. The molecule has 106 valence electrons. The summed E-state index contributed by atoms with van der Waals surface area (Å²) >= 11 is 3.26. The second kappa shape index (κ2) is 7.31. The predicted molar refractivity (Wildman–Crippen MR) is 78.2 cm³/mol. The smallest absolute Gasteiger partial charge is 0.321 e. The summed E-state index contributed by atoms with van der Waals surface area (Å²) in [7, 11) is 0. The van der Waals surface area contributed by atoms with Crippen molar-refractivity contribution in [2.75, 3.05) is 6.54 Å². The molecule has 2 aromatic rings. The van der Waals surface area contributed by atoms with E-state index in [9.17, 15) is 4.39 Å².